The summed E-state index contributed by atoms with van der Waals surface area (Å²) in [5, 5.41) is 0. The summed E-state index contributed by atoms with van der Waals surface area (Å²) in [5.41, 5.74) is 9.44. The number of hydrogen-bond donors (Lipinski definition) is 0. The monoisotopic (exact) mass is 449 g/mol. The van der Waals surface area contributed by atoms with Crippen LogP contribution in [-0.4, -0.2) is 38.8 Å². The van der Waals surface area contributed by atoms with Gasteiger partial charge in [-0.05, 0) is 58.4 Å². The van der Waals surface area contributed by atoms with Crippen LogP contribution in [0.25, 0.3) is 23.8 Å². The Bertz CT molecular complexity index is 1180. The molecule has 0 saturated carbocycles. The van der Waals surface area contributed by atoms with Crippen molar-refractivity contribution >= 4 is 23.8 Å². The van der Waals surface area contributed by atoms with Crippen LogP contribution in [0.4, 0.5) is 0 Å². The third-order valence-electron chi connectivity index (χ3n) is 6.76. The van der Waals surface area contributed by atoms with Crippen molar-refractivity contribution in [2.24, 2.45) is 0 Å². The third kappa shape index (κ3) is 4.71. The Hall–Kier alpha value is -3.56. The average Bonchev–Trinajstić information content (AvgIpc) is 3.06. The van der Waals surface area contributed by atoms with Crippen LogP contribution in [0.15, 0.2) is 78.4 Å². The molecule has 1 fully saturated rings. The summed E-state index contributed by atoms with van der Waals surface area (Å²) in [4.78, 5) is 2.53. The van der Waals surface area contributed by atoms with E-state index in [2.05, 4.69) is 77.7 Å². The Kier molecular flexibility index (Phi) is 6.64. The maximum Gasteiger partial charge on any atom is 0.123 e. The molecule has 1 aliphatic heterocycles. The number of nitrogens with zero attached hydrogens (tertiary/aromatic N) is 1. The number of piperidine rings is 1. The van der Waals surface area contributed by atoms with Crippen LogP contribution < -0.4 is 9.47 Å². The summed E-state index contributed by atoms with van der Waals surface area (Å²) in [6.07, 6.45) is 11.1. The summed E-state index contributed by atoms with van der Waals surface area (Å²) in [6, 6.07) is 23.6. The first-order valence-electron chi connectivity index (χ1n) is 12.0. The minimum Gasteiger partial charge on any atom is -0.497 e. The molecule has 0 aromatic heterocycles. The van der Waals surface area contributed by atoms with E-state index < -0.39 is 0 Å². The summed E-state index contributed by atoms with van der Waals surface area (Å²) < 4.78 is 10.8. The molecule has 0 bridgehead atoms. The predicted molar refractivity (Wildman–Crippen MR) is 142 cm³/mol. The first-order chi connectivity index (χ1) is 16.7. The van der Waals surface area contributed by atoms with Crippen molar-refractivity contribution in [1.82, 2.24) is 4.90 Å². The van der Waals surface area contributed by atoms with Gasteiger partial charge in [-0.2, -0.15) is 0 Å². The van der Waals surface area contributed by atoms with E-state index >= 15 is 0 Å². The molecule has 5 rings (SSSR count). The maximum absolute atomic E-state index is 5.39. The molecule has 0 spiro atoms. The number of methoxy groups -OCH3 is 2. The lowest BCUT2D eigenvalue weighted by atomic mass is 9.86. The Labute approximate surface area is 202 Å². The Balaban J connectivity index is 1.33. The zero-order chi connectivity index (χ0) is 23.3. The van der Waals surface area contributed by atoms with Gasteiger partial charge in [-0.1, -0.05) is 78.4 Å². The molecule has 0 unspecified atom stereocenters. The lowest BCUT2D eigenvalue weighted by Crippen LogP contribution is -2.31. The topological polar surface area (TPSA) is 21.7 Å². The van der Waals surface area contributed by atoms with Crippen molar-refractivity contribution in [2.75, 3.05) is 33.9 Å². The van der Waals surface area contributed by atoms with Crippen molar-refractivity contribution < 1.29 is 9.47 Å². The molecule has 2 aliphatic rings. The van der Waals surface area contributed by atoms with Gasteiger partial charge in [0.15, 0.2) is 0 Å². The van der Waals surface area contributed by atoms with Crippen LogP contribution in [0.5, 0.6) is 11.5 Å². The quantitative estimate of drug-likeness (QED) is 0.334. The van der Waals surface area contributed by atoms with Crippen molar-refractivity contribution in [3.05, 3.63) is 106 Å². The normalized spacial score (nSPS) is 15.7. The van der Waals surface area contributed by atoms with Crippen molar-refractivity contribution in [2.45, 2.75) is 12.8 Å². The highest BCUT2D eigenvalue weighted by atomic mass is 16.5. The van der Waals surface area contributed by atoms with E-state index in [9.17, 15) is 0 Å². The molecule has 0 amide bonds. The minimum atomic E-state index is 0.812. The van der Waals surface area contributed by atoms with Crippen LogP contribution in [0.2, 0.25) is 0 Å². The molecular weight excluding hydrogens is 418 g/mol. The van der Waals surface area contributed by atoms with Crippen molar-refractivity contribution in [3.8, 4) is 11.5 Å². The molecule has 3 heteroatoms. The standard InChI is InChI=1S/C31H31NO2/c1-33-27-20-23(21-28(22-27)34-2)8-7-17-32-18-15-26(16-19-32)31-29-11-5-3-9-24(29)13-14-25-10-4-6-12-30(25)31/h3-14,20-22H,15-19H2,1-2H3/b8-7+. The average molecular weight is 450 g/mol. The number of ether oxygens (including phenoxy) is 2. The van der Waals surface area contributed by atoms with Crippen LogP contribution in [0, 0.1) is 0 Å². The van der Waals surface area contributed by atoms with E-state index in [-0.39, 0.29) is 0 Å². The van der Waals surface area contributed by atoms with Crippen LogP contribution in [-0.2, 0) is 0 Å². The molecule has 3 aromatic rings. The number of rotatable bonds is 5. The minimum absolute atomic E-state index is 0.812. The van der Waals surface area contributed by atoms with Gasteiger partial charge in [0.2, 0.25) is 0 Å². The lowest BCUT2D eigenvalue weighted by molar-refractivity contribution is 0.284. The molecule has 1 saturated heterocycles. The van der Waals surface area contributed by atoms with Crippen molar-refractivity contribution in [1.29, 1.82) is 0 Å². The van der Waals surface area contributed by atoms with Crippen LogP contribution in [0.3, 0.4) is 0 Å². The largest absolute Gasteiger partial charge is 0.497 e. The van der Waals surface area contributed by atoms with Crippen molar-refractivity contribution in [3.63, 3.8) is 0 Å². The summed E-state index contributed by atoms with van der Waals surface area (Å²) in [6.45, 7) is 3.08. The smallest absolute Gasteiger partial charge is 0.123 e. The van der Waals surface area contributed by atoms with E-state index in [0.717, 1.165) is 49.5 Å². The molecule has 0 N–H and O–H groups in total. The van der Waals surface area contributed by atoms with E-state index in [1.54, 1.807) is 19.8 Å². The summed E-state index contributed by atoms with van der Waals surface area (Å²) >= 11 is 0. The van der Waals surface area contributed by atoms with E-state index in [1.165, 1.54) is 27.8 Å². The highest BCUT2D eigenvalue weighted by Crippen LogP contribution is 2.38. The fraction of sp³-hybridized carbons (Fsp3) is 0.226. The van der Waals surface area contributed by atoms with Crippen LogP contribution >= 0.6 is 0 Å². The molecular formula is C31H31NO2. The SMILES string of the molecule is COc1cc(/C=C/CN2CCC(=C3c4ccccc4C=Cc4ccccc43)CC2)cc(OC)c1. The third-order valence-corrected chi connectivity index (χ3v) is 6.76. The van der Waals surface area contributed by atoms with Gasteiger partial charge in [0.05, 0.1) is 14.2 Å². The number of hydrogen-bond acceptors (Lipinski definition) is 3. The van der Waals surface area contributed by atoms with Gasteiger partial charge in [-0.15, -0.1) is 0 Å². The second kappa shape index (κ2) is 10.1. The predicted octanol–water partition coefficient (Wildman–Crippen LogP) is 6.80. The van der Waals surface area contributed by atoms with Gasteiger partial charge >= 0.3 is 0 Å². The maximum atomic E-state index is 5.39. The number of benzene rings is 3. The van der Waals surface area contributed by atoms with Gasteiger partial charge in [0, 0.05) is 25.7 Å². The Morgan fingerprint density at radius 2 is 1.32 bits per heavy atom. The molecule has 1 aliphatic carbocycles. The molecule has 172 valence electrons. The van der Waals surface area contributed by atoms with Gasteiger partial charge in [0.1, 0.15) is 11.5 Å². The van der Waals surface area contributed by atoms with Gasteiger partial charge < -0.3 is 9.47 Å². The van der Waals surface area contributed by atoms with Gasteiger partial charge in [0.25, 0.3) is 0 Å². The summed E-state index contributed by atoms with van der Waals surface area (Å²) in [7, 11) is 3.37. The fourth-order valence-corrected chi connectivity index (χ4v) is 4.96. The Morgan fingerprint density at radius 3 is 1.88 bits per heavy atom. The molecule has 0 atom stereocenters. The van der Waals surface area contributed by atoms with Gasteiger partial charge in [-0.3, -0.25) is 4.90 Å². The zero-order valence-corrected chi connectivity index (χ0v) is 20.0. The zero-order valence-electron chi connectivity index (χ0n) is 20.0. The second-order valence-corrected chi connectivity index (χ2v) is 8.84. The molecule has 3 nitrogen and oxygen atoms in total. The molecule has 34 heavy (non-hydrogen) atoms. The first-order valence-corrected chi connectivity index (χ1v) is 12.0. The van der Waals surface area contributed by atoms with Gasteiger partial charge in [-0.25, -0.2) is 0 Å². The first kappa shape index (κ1) is 22.2. The number of likely N-dealkylation sites (tertiary alicyclic amines) is 1. The Morgan fingerprint density at radius 1 is 0.765 bits per heavy atom. The second-order valence-electron chi connectivity index (χ2n) is 8.84. The van der Waals surface area contributed by atoms with E-state index in [1.807, 2.05) is 18.2 Å². The van der Waals surface area contributed by atoms with E-state index in [4.69, 9.17) is 9.47 Å². The number of fused-ring (bicyclic) bond motifs is 2. The van der Waals surface area contributed by atoms with Crippen LogP contribution in [0.1, 0.15) is 40.7 Å². The highest BCUT2D eigenvalue weighted by molar-refractivity contribution is 5.94. The molecule has 1 heterocycles. The lowest BCUT2D eigenvalue weighted by Gasteiger charge is -2.29. The molecule has 0 radical (unpaired) electrons. The molecule has 3 aromatic carbocycles. The highest BCUT2D eigenvalue weighted by Gasteiger charge is 2.22. The van der Waals surface area contributed by atoms with E-state index in [0.29, 0.717) is 0 Å². The summed E-state index contributed by atoms with van der Waals surface area (Å²) in [5.74, 6) is 1.62. The fourth-order valence-electron chi connectivity index (χ4n) is 4.96.